The van der Waals surface area contributed by atoms with Gasteiger partial charge in [0.25, 0.3) is 10.0 Å². The molecule has 1 saturated carbocycles. The number of carbonyl (C=O) groups is 1. The zero-order valence-electron chi connectivity index (χ0n) is 16.4. The van der Waals surface area contributed by atoms with Crippen molar-refractivity contribution >= 4 is 33.2 Å². The largest absolute Gasteiger partial charge is 0.352 e. The van der Waals surface area contributed by atoms with E-state index in [0.29, 0.717) is 10.7 Å². The lowest BCUT2D eigenvalue weighted by atomic mass is 9.97. The number of amides is 1. The first kappa shape index (κ1) is 21.7. The monoisotopic (exact) mass is 434 g/mol. The molecule has 1 aliphatic carbocycles. The van der Waals surface area contributed by atoms with Crippen LogP contribution in [0.1, 0.15) is 44.9 Å². The third kappa shape index (κ3) is 5.97. The summed E-state index contributed by atoms with van der Waals surface area (Å²) in [6, 6.07) is 14.8. The van der Waals surface area contributed by atoms with Gasteiger partial charge in [-0.05, 0) is 49.2 Å². The SMILES string of the molecule is O=C(CN(c1ccccc1)S(=O)(=O)c1ccc(Cl)cc1)NC1CCCCCCC1. The van der Waals surface area contributed by atoms with E-state index in [1.807, 2.05) is 6.07 Å². The van der Waals surface area contributed by atoms with E-state index in [0.717, 1.165) is 30.0 Å². The molecule has 0 aliphatic heterocycles. The molecule has 0 atom stereocenters. The van der Waals surface area contributed by atoms with Gasteiger partial charge in [-0.15, -0.1) is 0 Å². The lowest BCUT2D eigenvalue weighted by Gasteiger charge is -2.26. The Bertz CT molecular complexity index is 893. The van der Waals surface area contributed by atoms with Crippen LogP contribution in [0.15, 0.2) is 59.5 Å². The summed E-state index contributed by atoms with van der Waals surface area (Å²) >= 11 is 5.90. The first-order valence-corrected chi connectivity index (χ1v) is 11.9. The number of carbonyl (C=O) groups excluding carboxylic acids is 1. The van der Waals surface area contributed by atoms with E-state index >= 15 is 0 Å². The van der Waals surface area contributed by atoms with Gasteiger partial charge >= 0.3 is 0 Å². The predicted octanol–water partition coefficient (Wildman–Crippen LogP) is 4.76. The fourth-order valence-corrected chi connectivity index (χ4v) is 5.19. The van der Waals surface area contributed by atoms with E-state index in [1.54, 1.807) is 24.3 Å². The van der Waals surface area contributed by atoms with Gasteiger partial charge in [0.2, 0.25) is 5.91 Å². The molecule has 5 nitrogen and oxygen atoms in total. The lowest BCUT2D eigenvalue weighted by Crippen LogP contribution is -2.44. The Hall–Kier alpha value is -2.05. The number of hydrogen-bond donors (Lipinski definition) is 1. The van der Waals surface area contributed by atoms with Crippen LogP contribution in [0, 0.1) is 0 Å². The van der Waals surface area contributed by atoms with Gasteiger partial charge in [-0.25, -0.2) is 8.42 Å². The molecule has 1 amide bonds. The molecular formula is C22H27ClN2O3S. The van der Waals surface area contributed by atoms with Gasteiger partial charge in [-0.1, -0.05) is 61.9 Å². The number of nitrogens with zero attached hydrogens (tertiary/aromatic N) is 1. The summed E-state index contributed by atoms with van der Waals surface area (Å²) < 4.78 is 27.7. The van der Waals surface area contributed by atoms with Crippen molar-refractivity contribution in [1.29, 1.82) is 0 Å². The quantitative estimate of drug-likeness (QED) is 0.712. The number of nitrogens with one attached hydrogen (secondary N) is 1. The molecule has 0 heterocycles. The van der Waals surface area contributed by atoms with Crippen LogP contribution in [0.3, 0.4) is 0 Å². The van der Waals surface area contributed by atoms with Gasteiger partial charge in [0, 0.05) is 11.1 Å². The molecule has 0 radical (unpaired) electrons. The van der Waals surface area contributed by atoms with Crippen LogP contribution in [0.4, 0.5) is 5.69 Å². The highest BCUT2D eigenvalue weighted by Gasteiger charge is 2.28. The average Bonchev–Trinajstić information content (AvgIpc) is 2.69. The highest BCUT2D eigenvalue weighted by atomic mass is 35.5. The first-order chi connectivity index (χ1) is 14.0. The Labute approximate surface area is 178 Å². The molecule has 156 valence electrons. The van der Waals surface area contributed by atoms with E-state index in [-0.39, 0.29) is 23.4 Å². The van der Waals surface area contributed by atoms with Gasteiger partial charge in [0.1, 0.15) is 6.54 Å². The van der Waals surface area contributed by atoms with Crippen molar-refractivity contribution in [2.24, 2.45) is 0 Å². The third-order valence-corrected chi connectivity index (χ3v) is 7.24. The summed E-state index contributed by atoms with van der Waals surface area (Å²) in [7, 11) is -3.91. The minimum Gasteiger partial charge on any atom is -0.352 e. The van der Waals surface area contributed by atoms with Crippen molar-refractivity contribution in [2.45, 2.75) is 55.9 Å². The van der Waals surface area contributed by atoms with Crippen LogP contribution < -0.4 is 9.62 Å². The summed E-state index contributed by atoms with van der Waals surface area (Å²) in [6.07, 6.45) is 7.71. The zero-order chi connectivity index (χ0) is 20.7. The molecule has 0 bridgehead atoms. The molecular weight excluding hydrogens is 408 g/mol. The number of sulfonamides is 1. The Balaban J connectivity index is 1.80. The Morgan fingerprint density at radius 2 is 1.52 bits per heavy atom. The van der Waals surface area contributed by atoms with Crippen molar-refractivity contribution in [3.8, 4) is 0 Å². The molecule has 0 saturated heterocycles. The molecule has 7 heteroatoms. The summed E-state index contributed by atoms with van der Waals surface area (Å²) in [4.78, 5) is 12.9. The molecule has 3 rings (SSSR count). The Morgan fingerprint density at radius 1 is 0.931 bits per heavy atom. The Kier molecular flexibility index (Phi) is 7.56. The summed E-state index contributed by atoms with van der Waals surface area (Å²) in [5.74, 6) is -0.281. The molecule has 0 aromatic heterocycles. The van der Waals surface area contributed by atoms with Gasteiger partial charge < -0.3 is 5.32 Å². The van der Waals surface area contributed by atoms with Crippen LogP contribution in [-0.2, 0) is 14.8 Å². The van der Waals surface area contributed by atoms with Gasteiger partial charge in [0.15, 0.2) is 0 Å². The van der Waals surface area contributed by atoms with E-state index < -0.39 is 10.0 Å². The zero-order valence-corrected chi connectivity index (χ0v) is 18.0. The standard InChI is InChI=1S/C22H27ClN2O3S/c23-18-13-15-21(16-14-18)29(27,28)25(20-11-7-4-8-12-20)17-22(26)24-19-9-5-2-1-3-6-10-19/h4,7-8,11-16,19H,1-3,5-6,9-10,17H2,(H,24,26). The molecule has 2 aromatic rings. The number of para-hydroxylation sites is 1. The topological polar surface area (TPSA) is 66.5 Å². The van der Waals surface area contributed by atoms with Gasteiger partial charge in [0.05, 0.1) is 10.6 Å². The van der Waals surface area contributed by atoms with E-state index in [2.05, 4.69) is 5.32 Å². The maximum atomic E-state index is 13.3. The van der Waals surface area contributed by atoms with Crippen LogP contribution in [0.2, 0.25) is 5.02 Å². The normalized spacial score (nSPS) is 15.9. The fourth-order valence-electron chi connectivity index (χ4n) is 3.65. The molecule has 0 spiro atoms. The molecule has 0 unspecified atom stereocenters. The van der Waals surface area contributed by atoms with Crippen LogP contribution in [-0.4, -0.2) is 26.9 Å². The van der Waals surface area contributed by atoms with E-state index in [1.165, 1.54) is 43.5 Å². The van der Waals surface area contributed by atoms with Gasteiger partial charge in [-0.3, -0.25) is 9.10 Å². The second-order valence-corrected chi connectivity index (χ2v) is 9.71. The number of anilines is 1. The molecule has 1 aliphatic rings. The third-order valence-electron chi connectivity index (χ3n) is 5.20. The van der Waals surface area contributed by atoms with Crippen molar-refractivity contribution in [2.75, 3.05) is 10.8 Å². The Morgan fingerprint density at radius 3 is 2.14 bits per heavy atom. The molecule has 1 fully saturated rings. The minimum atomic E-state index is -3.91. The molecule has 29 heavy (non-hydrogen) atoms. The van der Waals surface area contributed by atoms with Crippen molar-refractivity contribution in [3.63, 3.8) is 0 Å². The second kappa shape index (κ2) is 10.1. The van der Waals surface area contributed by atoms with Crippen LogP contribution in [0.5, 0.6) is 0 Å². The number of benzene rings is 2. The van der Waals surface area contributed by atoms with Crippen LogP contribution in [0.25, 0.3) is 0 Å². The van der Waals surface area contributed by atoms with Crippen molar-refractivity contribution in [3.05, 3.63) is 59.6 Å². The fraction of sp³-hybridized carbons (Fsp3) is 0.409. The van der Waals surface area contributed by atoms with Crippen molar-refractivity contribution in [1.82, 2.24) is 5.32 Å². The first-order valence-electron chi connectivity index (χ1n) is 10.1. The summed E-state index contributed by atoms with van der Waals surface area (Å²) in [5, 5.41) is 3.51. The van der Waals surface area contributed by atoms with E-state index in [9.17, 15) is 13.2 Å². The maximum absolute atomic E-state index is 13.3. The van der Waals surface area contributed by atoms with E-state index in [4.69, 9.17) is 11.6 Å². The highest BCUT2D eigenvalue weighted by Crippen LogP contribution is 2.24. The number of halogens is 1. The highest BCUT2D eigenvalue weighted by molar-refractivity contribution is 7.92. The maximum Gasteiger partial charge on any atom is 0.264 e. The predicted molar refractivity (Wildman–Crippen MR) is 117 cm³/mol. The lowest BCUT2D eigenvalue weighted by molar-refractivity contribution is -0.120. The molecule has 1 N–H and O–H groups in total. The smallest absolute Gasteiger partial charge is 0.264 e. The summed E-state index contributed by atoms with van der Waals surface area (Å²) in [5.41, 5.74) is 0.454. The number of rotatable bonds is 6. The van der Waals surface area contributed by atoms with Crippen LogP contribution >= 0.6 is 11.6 Å². The minimum absolute atomic E-state index is 0.101. The van der Waals surface area contributed by atoms with Gasteiger partial charge in [-0.2, -0.15) is 0 Å². The molecule has 2 aromatic carbocycles. The second-order valence-electron chi connectivity index (χ2n) is 7.41. The number of hydrogen-bond acceptors (Lipinski definition) is 3. The average molecular weight is 435 g/mol. The van der Waals surface area contributed by atoms with Crippen molar-refractivity contribution < 1.29 is 13.2 Å². The summed E-state index contributed by atoms with van der Waals surface area (Å²) in [6.45, 7) is -0.258.